The van der Waals surface area contributed by atoms with Crippen LogP contribution in [0, 0.1) is 11.7 Å². The molecule has 196 valence electrons. The normalized spacial score (nSPS) is 19.1. The number of sulfonamides is 1. The van der Waals surface area contributed by atoms with E-state index in [0.29, 0.717) is 11.4 Å². The monoisotopic (exact) mass is 522 g/mol. The third-order valence-corrected chi connectivity index (χ3v) is 7.31. The van der Waals surface area contributed by atoms with Gasteiger partial charge in [-0.2, -0.15) is 0 Å². The van der Waals surface area contributed by atoms with Gasteiger partial charge in [0, 0.05) is 30.9 Å². The molecule has 0 unspecified atom stereocenters. The van der Waals surface area contributed by atoms with E-state index in [1.807, 2.05) is 6.92 Å². The van der Waals surface area contributed by atoms with Gasteiger partial charge >= 0.3 is 6.03 Å². The second-order valence-electron chi connectivity index (χ2n) is 8.96. The fourth-order valence-corrected chi connectivity index (χ4v) is 4.15. The first-order chi connectivity index (χ1) is 16.9. The number of hydrogen-bond acceptors (Lipinski definition) is 6. The van der Waals surface area contributed by atoms with Gasteiger partial charge in [-0.25, -0.2) is 21.9 Å². The van der Waals surface area contributed by atoms with Crippen LogP contribution in [0.4, 0.5) is 20.6 Å². The molecule has 0 saturated heterocycles. The zero-order valence-corrected chi connectivity index (χ0v) is 21.4. The molecule has 0 aromatic heterocycles. The number of ether oxygens (including phenoxy) is 1. The van der Waals surface area contributed by atoms with E-state index in [0.717, 1.165) is 6.26 Å². The number of benzene rings is 2. The van der Waals surface area contributed by atoms with Gasteiger partial charge in [-0.3, -0.25) is 4.79 Å². The maximum absolute atomic E-state index is 13.4. The molecule has 3 N–H and O–H groups in total. The molecule has 1 aliphatic heterocycles. The average Bonchev–Trinajstić information content (AvgIpc) is 2.82. The number of hydrogen-bond donors (Lipinski definition) is 3. The molecule has 0 fully saturated rings. The third-order valence-electron chi connectivity index (χ3n) is 6.03. The zero-order valence-electron chi connectivity index (χ0n) is 20.6. The summed E-state index contributed by atoms with van der Waals surface area (Å²) in [7, 11) is -2.00. The summed E-state index contributed by atoms with van der Waals surface area (Å²) in [5.74, 6) is -0.841. The Kier molecular flexibility index (Phi) is 8.54. The van der Waals surface area contributed by atoms with Crippen LogP contribution in [0.15, 0.2) is 42.5 Å². The fraction of sp³-hybridized carbons (Fsp3) is 0.417. The van der Waals surface area contributed by atoms with Crippen LogP contribution in [0.25, 0.3) is 0 Å². The maximum atomic E-state index is 13.4. The first-order valence-electron chi connectivity index (χ1n) is 11.4. The molecule has 0 saturated carbocycles. The molecule has 12 heteroatoms. The Labute approximate surface area is 210 Å². The molecule has 3 rings (SSSR count). The smallest absolute Gasteiger partial charge is 0.323 e. The van der Waals surface area contributed by atoms with E-state index in [4.69, 9.17) is 4.74 Å². The lowest BCUT2D eigenvalue weighted by atomic mass is 9.99. The summed E-state index contributed by atoms with van der Waals surface area (Å²) < 4.78 is 44.4. The highest BCUT2D eigenvalue weighted by molar-refractivity contribution is 7.88. The SMILES string of the molecule is C[C@H]1CN([C@@H](C)CO)C(=O)c2cc(NC(=O)Nc3ccc(F)cc3)ccc2O[C@H]1CN(C)S(C)(=O)=O. The number of carbonyl (C=O) groups is 2. The third kappa shape index (κ3) is 6.71. The zero-order chi connectivity index (χ0) is 26.6. The lowest BCUT2D eigenvalue weighted by molar-refractivity contribution is 0.0387. The topological polar surface area (TPSA) is 128 Å². The Balaban J connectivity index is 1.90. The van der Waals surface area contributed by atoms with E-state index in [-0.39, 0.29) is 36.9 Å². The van der Waals surface area contributed by atoms with Crippen LogP contribution in [0.2, 0.25) is 0 Å². The highest BCUT2D eigenvalue weighted by Crippen LogP contribution is 2.31. The lowest BCUT2D eigenvalue weighted by Crippen LogP contribution is -2.50. The van der Waals surface area contributed by atoms with E-state index >= 15 is 0 Å². The Morgan fingerprint density at radius 2 is 1.83 bits per heavy atom. The predicted molar refractivity (Wildman–Crippen MR) is 134 cm³/mol. The summed E-state index contributed by atoms with van der Waals surface area (Å²) in [6.45, 7) is 3.59. The number of nitrogens with zero attached hydrogens (tertiary/aromatic N) is 2. The summed E-state index contributed by atoms with van der Waals surface area (Å²) >= 11 is 0. The van der Waals surface area contributed by atoms with Gasteiger partial charge in [0.1, 0.15) is 17.7 Å². The Hall–Kier alpha value is -3.22. The van der Waals surface area contributed by atoms with Gasteiger partial charge in [0.15, 0.2) is 0 Å². The molecular weight excluding hydrogens is 491 g/mol. The van der Waals surface area contributed by atoms with E-state index < -0.39 is 39.9 Å². The Morgan fingerprint density at radius 1 is 1.22 bits per heavy atom. The van der Waals surface area contributed by atoms with Crippen LogP contribution < -0.4 is 15.4 Å². The number of likely N-dealkylation sites (N-methyl/N-ethyl adjacent to an activating group) is 1. The molecule has 10 nitrogen and oxygen atoms in total. The first kappa shape index (κ1) is 27.4. The van der Waals surface area contributed by atoms with Gasteiger partial charge in [0.25, 0.3) is 5.91 Å². The molecule has 1 heterocycles. The lowest BCUT2D eigenvalue weighted by Gasteiger charge is -2.38. The summed E-state index contributed by atoms with van der Waals surface area (Å²) in [5, 5.41) is 15.0. The molecule has 2 aromatic carbocycles. The number of fused-ring (bicyclic) bond motifs is 1. The minimum Gasteiger partial charge on any atom is -0.488 e. The Morgan fingerprint density at radius 3 is 2.44 bits per heavy atom. The van der Waals surface area contributed by atoms with Crippen molar-refractivity contribution in [3.8, 4) is 5.75 Å². The summed E-state index contributed by atoms with van der Waals surface area (Å²) in [6.07, 6.45) is 0.526. The van der Waals surface area contributed by atoms with E-state index in [1.54, 1.807) is 13.0 Å². The largest absolute Gasteiger partial charge is 0.488 e. The van der Waals surface area contributed by atoms with Gasteiger partial charge in [0.05, 0.1) is 31.0 Å². The standard InChI is InChI=1S/C24H31FN4O6S/c1-15-12-29(16(2)14-30)23(31)20-11-19(27-24(32)26-18-7-5-17(25)6-8-18)9-10-21(20)35-22(15)13-28(3)36(4,33)34/h5-11,15-16,22,30H,12-14H2,1-4H3,(H2,26,27,32)/t15-,16-,22-/m0/s1. The molecule has 0 bridgehead atoms. The van der Waals surface area contributed by atoms with Crippen molar-refractivity contribution in [1.29, 1.82) is 0 Å². The van der Waals surface area contributed by atoms with Gasteiger partial charge in [-0.05, 0) is 49.4 Å². The van der Waals surface area contributed by atoms with Gasteiger partial charge in [-0.1, -0.05) is 6.92 Å². The van der Waals surface area contributed by atoms with Crippen molar-refractivity contribution in [3.05, 3.63) is 53.8 Å². The number of amides is 3. The highest BCUT2D eigenvalue weighted by atomic mass is 32.2. The van der Waals surface area contributed by atoms with Crippen LogP contribution in [-0.2, 0) is 10.0 Å². The number of anilines is 2. The quantitative estimate of drug-likeness (QED) is 0.513. The first-order valence-corrected chi connectivity index (χ1v) is 13.2. The van der Waals surface area contributed by atoms with Crippen LogP contribution in [0.5, 0.6) is 5.75 Å². The van der Waals surface area contributed by atoms with Crippen molar-refractivity contribution in [2.45, 2.75) is 26.0 Å². The van der Waals surface area contributed by atoms with E-state index in [1.165, 1.54) is 52.7 Å². The summed E-state index contributed by atoms with van der Waals surface area (Å²) in [5.41, 5.74) is 0.850. The van der Waals surface area contributed by atoms with Crippen LogP contribution in [-0.4, -0.2) is 79.8 Å². The molecule has 1 aliphatic rings. The minimum absolute atomic E-state index is 0.0645. The molecule has 3 amide bonds. The summed E-state index contributed by atoms with van der Waals surface area (Å²) in [4.78, 5) is 27.4. The van der Waals surface area contributed by atoms with Crippen molar-refractivity contribution in [2.75, 3.05) is 43.6 Å². The number of nitrogens with one attached hydrogen (secondary N) is 2. The minimum atomic E-state index is -3.46. The van der Waals surface area contributed by atoms with Crippen molar-refractivity contribution < 1.29 is 32.2 Å². The van der Waals surface area contributed by atoms with E-state index in [2.05, 4.69) is 10.6 Å². The van der Waals surface area contributed by atoms with Gasteiger partial charge < -0.3 is 25.4 Å². The van der Waals surface area contributed by atoms with Crippen molar-refractivity contribution in [1.82, 2.24) is 9.21 Å². The molecule has 3 atom stereocenters. The average molecular weight is 523 g/mol. The van der Waals surface area contributed by atoms with Gasteiger partial charge in [0.2, 0.25) is 10.0 Å². The second-order valence-corrected chi connectivity index (χ2v) is 11.1. The van der Waals surface area contributed by atoms with Crippen molar-refractivity contribution in [2.24, 2.45) is 5.92 Å². The predicted octanol–water partition coefficient (Wildman–Crippen LogP) is 2.58. The number of aliphatic hydroxyl groups excluding tert-OH is 1. The number of urea groups is 1. The Bertz CT molecular complexity index is 1210. The molecule has 0 aliphatic carbocycles. The molecule has 36 heavy (non-hydrogen) atoms. The molecular formula is C24H31FN4O6S. The van der Waals surface area contributed by atoms with Crippen LogP contribution in [0.3, 0.4) is 0 Å². The number of halogens is 1. The van der Waals surface area contributed by atoms with Crippen molar-refractivity contribution >= 4 is 33.3 Å². The number of rotatable bonds is 7. The molecule has 0 spiro atoms. The van der Waals surface area contributed by atoms with Gasteiger partial charge in [-0.15, -0.1) is 0 Å². The number of carbonyl (C=O) groups excluding carboxylic acids is 2. The fourth-order valence-electron chi connectivity index (χ4n) is 3.73. The van der Waals surface area contributed by atoms with Crippen molar-refractivity contribution in [3.63, 3.8) is 0 Å². The summed E-state index contributed by atoms with van der Waals surface area (Å²) in [6, 6.07) is 8.71. The van der Waals surface area contributed by atoms with Crippen LogP contribution >= 0.6 is 0 Å². The number of aliphatic hydroxyl groups is 1. The molecule has 2 aromatic rings. The van der Waals surface area contributed by atoms with E-state index in [9.17, 15) is 27.5 Å². The maximum Gasteiger partial charge on any atom is 0.323 e. The molecule has 0 radical (unpaired) electrons. The second kappa shape index (κ2) is 11.2. The highest BCUT2D eigenvalue weighted by Gasteiger charge is 2.34. The van der Waals surface area contributed by atoms with Crippen LogP contribution in [0.1, 0.15) is 24.2 Å².